The van der Waals surface area contributed by atoms with Gasteiger partial charge in [0.25, 0.3) is 0 Å². The van der Waals surface area contributed by atoms with E-state index < -0.39 is 0 Å². The van der Waals surface area contributed by atoms with Crippen molar-refractivity contribution in [3.05, 3.63) is 33.5 Å². The van der Waals surface area contributed by atoms with Crippen LogP contribution in [0.1, 0.15) is 43.9 Å². The predicted molar refractivity (Wildman–Crippen MR) is 80.5 cm³/mol. The minimum absolute atomic E-state index is 0.0689. The van der Waals surface area contributed by atoms with Gasteiger partial charge in [-0.15, -0.1) is 0 Å². The van der Waals surface area contributed by atoms with Crippen molar-refractivity contribution in [2.45, 2.75) is 43.7 Å². The number of hydrogen-bond donors (Lipinski definition) is 1. The van der Waals surface area contributed by atoms with Gasteiger partial charge in [0.15, 0.2) is 0 Å². The summed E-state index contributed by atoms with van der Waals surface area (Å²) in [4.78, 5) is 0. The van der Waals surface area contributed by atoms with Crippen LogP contribution < -0.4 is 5.32 Å². The molecule has 4 heteroatoms. The lowest BCUT2D eigenvalue weighted by molar-refractivity contribution is 0.471. The second-order valence-corrected chi connectivity index (χ2v) is 6.69. The molecular formula is C14H19BrFNS. The maximum Gasteiger partial charge on any atom is 0.128 e. The lowest BCUT2D eigenvalue weighted by Gasteiger charge is -2.34. The summed E-state index contributed by atoms with van der Waals surface area (Å²) in [5, 5.41) is 3.98. The number of thioether (sulfide) groups is 1. The van der Waals surface area contributed by atoms with Gasteiger partial charge in [0.05, 0.1) is 0 Å². The van der Waals surface area contributed by atoms with Crippen LogP contribution in [0.25, 0.3) is 0 Å². The third-order valence-electron chi connectivity index (χ3n) is 3.39. The van der Waals surface area contributed by atoms with Gasteiger partial charge in [0, 0.05) is 27.1 Å². The molecule has 0 amide bonds. The molecule has 0 spiro atoms. The van der Waals surface area contributed by atoms with Gasteiger partial charge in [0.1, 0.15) is 5.82 Å². The summed E-state index contributed by atoms with van der Waals surface area (Å²) in [5.41, 5.74) is 2.00. The first kappa shape index (κ1) is 14.4. The molecule has 0 bridgehead atoms. The highest BCUT2D eigenvalue weighted by molar-refractivity contribution is 9.10. The first-order chi connectivity index (χ1) is 8.69. The van der Waals surface area contributed by atoms with Crippen molar-refractivity contribution < 1.29 is 4.39 Å². The lowest BCUT2D eigenvalue weighted by Crippen LogP contribution is -2.34. The number of benzene rings is 1. The highest BCUT2D eigenvalue weighted by atomic mass is 79.9. The summed E-state index contributed by atoms with van der Waals surface area (Å²) in [7, 11) is 0. The van der Waals surface area contributed by atoms with Crippen LogP contribution in [-0.4, -0.2) is 11.8 Å². The fourth-order valence-corrected chi connectivity index (χ4v) is 4.48. The highest BCUT2D eigenvalue weighted by Gasteiger charge is 2.32. The molecule has 100 valence electrons. The Morgan fingerprint density at radius 1 is 1.44 bits per heavy atom. The number of halogens is 2. The Labute approximate surface area is 121 Å². The van der Waals surface area contributed by atoms with Crippen LogP contribution in [0.15, 0.2) is 16.6 Å². The first-order valence-electron chi connectivity index (χ1n) is 6.50. The maximum absolute atomic E-state index is 14.2. The second-order valence-electron chi connectivity index (χ2n) is 4.61. The molecule has 2 unspecified atom stereocenters. The quantitative estimate of drug-likeness (QED) is 0.861. The van der Waals surface area contributed by atoms with Gasteiger partial charge in [0.2, 0.25) is 0 Å². The van der Waals surface area contributed by atoms with Crippen LogP contribution in [0, 0.1) is 5.82 Å². The van der Waals surface area contributed by atoms with Gasteiger partial charge in [-0.2, -0.15) is 11.8 Å². The standard InChI is InChI=1S/C14H19BrFNS/c1-3-7-17-14-12(4-2)18-8-9-10(15)5-6-11(16)13(9)14/h5-6,12,14,17H,3-4,7-8H2,1-2H3. The number of hydrogen-bond acceptors (Lipinski definition) is 2. The van der Waals surface area contributed by atoms with Crippen molar-refractivity contribution in [2.75, 3.05) is 6.54 Å². The Balaban J connectivity index is 2.39. The summed E-state index contributed by atoms with van der Waals surface area (Å²) in [6.45, 7) is 5.26. The Kier molecular flexibility index (Phi) is 5.10. The highest BCUT2D eigenvalue weighted by Crippen LogP contribution is 2.42. The van der Waals surface area contributed by atoms with E-state index in [1.807, 2.05) is 17.8 Å². The molecule has 0 saturated heterocycles. The van der Waals surface area contributed by atoms with E-state index in [-0.39, 0.29) is 11.9 Å². The fraction of sp³-hybridized carbons (Fsp3) is 0.571. The largest absolute Gasteiger partial charge is 0.309 e. The summed E-state index contributed by atoms with van der Waals surface area (Å²) >= 11 is 5.47. The molecule has 1 aliphatic rings. The number of nitrogens with one attached hydrogen (secondary N) is 1. The fourth-order valence-electron chi connectivity index (χ4n) is 2.45. The van der Waals surface area contributed by atoms with Gasteiger partial charge in [-0.3, -0.25) is 0 Å². The zero-order valence-electron chi connectivity index (χ0n) is 10.8. The van der Waals surface area contributed by atoms with E-state index in [4.69, 9.17) is 0 Å². The average molecular weight is 332 g/mol. The third kappa shape index (κ3) is 2.75. The Hall–Kier alpha value is -0.0600. The molecule has 1 heterocycles. The topological polar surface area (TPSA) is 12.0 Å². The molecule has 0 radical (unpaired) electrons. The van der Waals surface area contributed by atoms with Gasteiger partial charge in [-0.1, -0.05) is 29.8 Å². The lowest BCUT2D eigenvalue weighted by atomic mass is 9.95. The Morgan fingerprint density at radius 2 is 2.22 bits per heavy atom. The van der Waals surface area contributed by atoms with E-state index >= 15 is 0 Å². The van der Waals surface area contributed by atoms with Crippen LogP contribution in [0.3, 0.4) is 0 Å². The monoisotopic (exact) mass is 331 g/mol. The van der Waals surface area contributed by atoms with Crippen molar-refractivity contribution in [3.8, 4) is 0 Å². The van der Waals surface area contributed by atoms with E-state index in [1.54, 1.807) is 6.07 Å². The smallest absolute Gasteiger partial charge is 0.128 e. The molecule has 1 aliphatic heterocycles. The molecule has 1 aromatic carbocycles. The van der Waals surface area contributed by atoms with E-state index in [0.29, 0.717) is 5.25 Å². The molecule has 2 atom stereocenters. The van der Waals surface area contributed by atoms with Crippen molar-refractivity contribution in [1.82, 2.24) is 5.32 Å². The Morgan fingerprint density at radius 3 is 2.89 bits per heavy atom. The van der Waals surface area contributed by atoms with E-state index in [2.05, 4.69) is 35.1 Å². The molecule has 0 aromatic heterocycles. The van der Waals surface area contributed by atoms with Crippen LogP contribution in [0.2, 0.25) is 0 Å². The molecule has 0 fully saturated rings. The molecule has 0 saturated carbocycles. The molecule has 0 aliphatic carbocycles. The SMILES string of the molecule is CCCNC1c2c(F)ccc(Br)c2CSC1CC. The number of rotatable bonds is 4. The second kappa shape index (κ2) is 6.40. The summed E-state index contributed by atoms with van der Waals surface area (Å²) < 4.78 is 15.2. The van der Waals surface area contributed by atoms with Crippen molar-refractivity contribution >= 4 is 27.7 Å². The van der Waals surface area contributed by atoms with Gasteiger partial charge >= 0.3 is 0 Å². The van der Waals surface area contributed by atoms with E-state index in [1.165, 1.54) is 0 Å². The summed E-state index contributed by atoms with van der Waals surface area (Å²) in [6.07, 6.45) is 2.14. The summed E-state index contributed by atoms with van der Waals surface area (Å²) in [6, 6.07) is 3.53. The van der Waals surface area contributed by atoms with E-state index in [0.717, 1.165) is 40.7 Å². The summed E-state index contributed by atoms with van der Waals surface area (Å²) in [5.74, 6) is 0.830. The van der Waals surface area contributed by atoms with Gasteiger partial charge in [-0.05, 0) is 37.1 Å². The Bertz CT molecular complexity index is 425. The minimum Gasteiger partial charge on any atom is -0.309 e. The normalized spacial score (nSPS) is 22.9. The average Bonchev–Trinajstić information content (AvgIpc) is 2.39. The molecule has 1 nitrogen and oxygen atoms in total. The molecule has 18 heavy (non-hydrogen) atoms. The van der Waals surface area contributed by atoms with Crippen LogP contribution in [-0.2, 0) is 5.75 Å². The van der Waals surface area contributed by atoms with Crippen molar-refractivity contribution in [2.24, 2.45) is 0 Å². The molecule has 1 N–H and O–H groups in total. The first-order valence-corrected chi connectivity index (χ1v) is 8.35. The zero-order valence-corrected chi connectivity index (χ0v) is 13.2. The van der Waals surface area contributed by atoms with Gasteiger partial charge < -0.3 is 5.32 Å². The molecular weight excluding hydrogens is 313 g/mol. The zero-order chi connectivity index (χ0) is 13.1. The third-order valence-corrected chi connectivity index (χ3v) is 5.62. The van der Waals surface area contributed by atoms with E-state index in [9.17, 15) is 4.39 Å². The van der Waals surface area contributed by atoms with Crippen molar-refractivity contribution in [3.63, 3.8) is 0 Å². The van der Waals surface area contributed by atoms with Crippen LogP contribution in [0.4, 0.5) is 4.39 Å². The predicted octanol–water partition coefficient (Wildman–Crippen LogP) is 4.65. The van der Waals surface area contributed by atoms with Gasteiger partial charge in [-0.25, -0.2) is 4.39 Å². The maximum atomic E-state index is 14.2. The molecule has 2 rings (SSSR count). The van der Waals surface area contributed by atoms with Crippen LogP contribution in [0.5, 0.6) is 0 Å². The number of fused-ring (bicyclic) bond motifs is 1. The van der Waals surface area contributed by atoms with Crippen molar-refractivity contribution in [1.29, 1.82) is 0 Å². The minimum atomic E-state index is -0.0689. The molecule has 1 aromatic rings. The van der Waals surface area contributed by atoms with Crippen LogP contribution >= 0.6 is 27.7 Å².